The molecule has 2 aromatic rings. The molecule has 0 N–H and O–H groups in total. The number of anilines is 1. The molecule has 1 heterocycles. The fourth-order valence-electron chi connectivity index (χ4n) is 2.81. The summed E-state index contributed by atoms with van der Waals surface area (Å²) >= 11 is 0. The minimum absolute atomic E-state index is 0.208. The summed E-state index contributed by atoms with van der Waals surface area (Å²) in [5.41, 5.74) is 0.545. The number of carbonyl (C=O) groups excluding carboxylic acids is 1. The molecule has 4 nitrogen and oxygen atoms in total. The minimum atomic E-state index is -4.69. The molecule has 1 aromatic heterocycles. The smallest absolute Gasteiger partial charge is 0.417 e. The molecule has 134 valence electrons. The van der Waals surface area contributed by atoms with Crippen LogP contribution in [0.2, 0.25) is 0 Å². The summed E-state index contributed by atoms with van der Waals surface area (Å²) in [6.07, 6.45) is -3.71. The Morgan fingerprint density at radius 2 is 1.80 bits per heavy atom. The lowest BCUT2D eigenvalue weighted by Gasteiger charge is -2.26. The lowest BCUT2D eigenvalue weighted by Crippen LogP contribution is -2.34. The highest BCUT2D eigenvalue weighted by molar-refractivity contribution is 6.09. The summed E-state index contributed by atoms with van der Waals surface area (Å²) in [4.78, 5) is 18.1. The molecule has 0 radical (unpaired) electrons. The number of amides is 1. The van der Waals surface area contributed by atoms with Crippen molar-refractivity contribution in [3.8, 4) is 5.88 Å². The second-order valence-electron chi connectivity index (χ2n) is 5.53. The van der Waals surface area contributed by atoms with Gasteiger partial charge < -0.3 is 9.64 Å². The number of nitrogens with zero attached hydrogens (tertiary/aromatic N) is 2. The van der Waals surface area contributed by atoms with Crippen molar-refractivity contribution in [2.45, 2.75) is 26.9 Å². The van der Waals surface area contributed by atoms with Crippen LogP contribution in [0.15, 0.2) is 30.5 Å². The number of benzene rings is 1. The van der Waals surface area contributed by atoms with Gasteiger partial charge in [0.05, 0.1) is 12.7 Å². The van der Waals surface area contributed by atoms with Crippen LogP contribution in [0.3, 0.4) is 0 Å². The van der Waals surface area contributed by atoms with E-state index in [0.29, 0.717) is 5.69 Å². The largest absolute Gasteiger partial charge is 0.480 e. The normalized spacial score (nSPS) is 11.3. The van der Waals surface area contributed by atoms with Crippen molar-refractivity contribution in [2.24, 2.45) is 0 Å². The van der Waals surface area contributed by atoms with Gasteiger partial charge in [-0.3, -0.25) is 4.79 Å². The van der Waals surface area contributed by atoms with Crippen LogP contribution < -0.4 is 9.64 Å². The van der Waals surface area contributed by atoms with E-state index in [1.165, 1.54) is 12.0 Å². The molecule has 1 amide bonds. The Morgan fingerprint density at radius 1 is 1.20 bits per heavy atom. The van der Waals surface area contributed by atoms with Crippen molar-refractivity contribution in [3.05, 3.63) is 52.7 Å². The van der Waals surface area contributed by atoms with Gasteiger partial charge in [0.15, 0.2) is 0 Å². The van der Waals surface area contributed by atoms with E-state index < -0.39 is 23.2 Å². The zero-order chi connectivity index (χ0) is 18.8. The second kappa shape index (κ2) is 7.13. The first-order chi connectivity index (χ1) is 11.7. The Balaban J connectivity index is 2.67. The third-order valence-electron chi connectivity index (χ3n) is 3.90. The molecule has 0 aliphatic rings. The Kier molecular flexibility index (Phi) is 5.35. The first-order valence-corrected chi connectivity index (χ1v) is 7.70. The molecule has 0 fully saturated rings. The van der Waals surface area contributed by atoms with Crippen LogP contribution in [-0.4, -0.2) is 24.5 Å². The van der Waals surface area contributed by atoms with Crippen molar-refractivity contribution < 1.29 is 22.7 Å². The van der Waals surface area contributed by atoms with Gasteiger partial charge in [-0.1, -0.05) is 18.2 Å². The average molecular weight is 352 g/mol. The lowest BCUT2D eigenvalue weighted by molar-refractivity contribution is -0.138. The van der Waals surface area contributed by atoms with Crippen LogP contribution in [0.4, 0.5) is 18.9 Å². The molecule has 0 atom stereocenters. The van der Waals surface area contributed by atoms with Crippen LogP contribution in [-0.2, 0) is 6.18 Å². The van der Waals surface area contributed by atoms with Crippen molar-refractivity contribution in [1.82, 2.24) is 4.98 Å². The monoisotopic (exact) mass is 352 g/mol. The fourth-order valence-corrected chi connectivity index (χ4v) is 2.81. The van der Waals surface area contributed by atoms with E-state index in [-0.39, 0.29) is 12.4 Å². The van der Waals surface area contributed by atoms with Crippen molar-refractivity contribution in [1.29, 1.82) is 0 Å². The third kappa shape index (κ3) is 3.60. The standard InChI is InChI=1S/C18H19F3N2O2/c1-5-23(15-11(2)7-6-8-12(15)3)17(24)14-13(18(19,20)21)9-10-22-16(14)25-4/h6-10H,5H2,1-4H3. The summed E-state index contributed by atoms with van der Waals surface area (Å²) in [7, 11) is 1.19. The second-order valence-corrected chi connectivity index (χ2v) is 5.53. The maximum absolute atomic E-state index is 13.4. The maximum Gasteiger partial charge on any atom is 0.417 e. The van der Waals surface area contributed by atoms with Gasteiger partial charge >= 0.3 is 6.18 Å². The topological polar surface area (TPSA) is 42.4 Å². The Morgan fingerprint density at radius 3 is 2.28 bits per heavy atom. The molecule has 0 bridgehead atoms. The number of hydrogen-bond acceptors (Lipinski definition) is 3. The lowest BCUT2D eigenvalue weighted by atomic mass is 10.0. The highest BCUT2D eigenvalue weighted by Gasteiger charge is 2.39. The number of aryl methyl sites for hydroxylation is 2. The van der Waals surface area contributed by atoms with Crippen LogP contribution in [0.5, 0.6) is 5.88 Å². The summed E-state index contributed by atoms with van der Waals surface area (Å²) in [6.45, 7) is 5.53. The molecule has 0 saturated heterocycles. The number of alkyl halides is 3. The number of para-hydroxylation sites is 1. The molecule has 0 unspecified atom stereocenters. The zero-order valence-electron chi connectivity index (χ0n) is 14.4. The number of ether oxygens (including phenoxy) is 1. The minimum Gasteiger partial charge on any atom is -0.480 e. The highest BCUT2D eigenvalue weighted by atomic mass is 19.4. The third-order valence-corrected chi connectivity index (χ3v) is 3.90. The van der Waals surface area contributed by atoms with Gasteiger partial charge in [0.25, 0.3) is 5.91 Å². The van der Waals surface area contributed by atoms with E-state index in [1.807, 2.05) is 32.0 Å². The van der Waals surface area contributed by atoms with E-state index in [2.05, 4.69) is 4.98 Å². The van der Waals surface area contributed by atoms with E-state index >= 15 is 0 Å². The van der Waals surface area contributed by atoms with E-state index in [4.69, 9.17) is 4.74 Å². The van der Waals surface area contributed by atoms with Gasteiger partial charge in [-0.05, 0) is 38.0 Å². The predicted octanol–water partition coefficient (Wildman–Crippen LogP) is 4.39. The number of methoxy groups -OCH3 is 1. The van der Waals surface area contributed by atoms with Gasteiger partial charge in [0, 0.05) is 18.4 Å². The molecule has 0 spiro atoms. The molecule has 0 aliphatic carbocycles. The van der Waals surface area contributed by atoms with Crippen LogP contribution in [0.25, 0.3) is 0 Å². The van der Waals surface area contributed by atoms with Gasteiger partial charge in [0.1, 0.15) is 5.56 Å². The van der Waals surface area contributed by atoms with Crippen LogP contribution in [0, 0.1) is 13.8 Å². The summed E-state index contributed by atoms with van der Waals surface area (Å²) < 4.78 is 45.1. The fraction of sp³-hybridized carbons (Fsp3) is 0.333. The Hall–Kier alpha value is -2.57. The summed E-state index contributed by atoms with van der Waals surface area (Å²) in [5.74, 6) is -1.14. The molecular formula is C18H19F3N2O2. The Bertz CT molecular complexity index is 768. The molecule has 2 rings (SSSR count). The number of rotatable bonds is 4. The quantitative estimate of drug-likeness (QED) is 0.819. The SMILES string of the molecule is CCN(C(=O)c1c(C(F)(F)F)ccnc1OC)c1c(C)cccc1C. The number of hydrogen-bond donors (Lipinski definition) is 0. The molecule has 0 aliphatic heterocycles. The number of halogens is 3. The number of carbonyl (C=O) groups is 1. The molecule has 7 heteroatoms. The summed E-state index contributed by atoms with van der Waals surface area (Å²) in [6, 6.07) is 6.24. The predicted molar refractivity (Wildman–Crippen MR) is 89.1 cm³/mol. The van der Waals surface area contributed by atoms with Gasteiger partial charge in [-0.2, -0.15) is 13.2 Å². The van der Waals surface area contributed by atoms with Gasteiger partial charge in [0.2, 0.25) is 5.88 Å². The van der Waals surface area contributed by atoms with Gasteiger partial charge in [-0.15, -0.1) is 0 Å². The van der Waals surface area contributed by atoms with Crippen molar-refractivity contribution in [3.63, 3.8) is 0 Å². The van der Waals surface area contributed by atoms with Crippen molar-refractivity contribution in [2.75, 3.05) is 18.6 Å². The van der Waals surface area contributed by atoms with Gasteiger partial charge in [-0.25, -0.2) is 4.98 Å². The molecular weight excluding hydrogens is 333 g/mol. The average Bonchev–Trinajstić information content (AvgIpc) is 2.56. The Labute approximate surface area is 144 Å². The maximum atomic E-state index is 13.4. The van der Waals surface area contributed by atoms with Crippen LogP contribution in [0.1, 0.15) is 34.0 Å². The molecule has 25 heavy (non-hydrogen) atoms. The zero-order valence-corrected chi connectivity index (χ0v) is 14.4. The highest BCUT2D eigenvalue weighted by Crippen LogP contribution is 2.37. The summed E-state index contributed by atoms with van der Waals surface area (Å²) in [5, 5.41) is 0. The first-order valence-electron chi connectivity index (χ1n) is 7.70. The van der Waals surface area contributed by atoms with E-state index in [0.717, 1.165) is 23.4 Å². The van der Waals surface area contributed by atoms with Crippen molar-refractivity contribution >= 4 is 11.6 Å². The number of pyridine rings is 1. The molecule has 1 aromatic carbocycles. The first kappa shape index (κ1) is 18.8. The number of aromatic nitrogens is 1. The van der Waals surface area contributed by atoms with E-state index in [9.17, 15) is 18.0 Å². The van der Waals surface area contributed by atoms with Crippen LogP contribution >= 0.6 is 0 Å². The van der Waals surface area contributed by atoms with E-state index in [1.54, 1.807) is 6.92 Å². The molecule has 0 saturated carbocycles.